The number of aromatic nitrogens is 3. The Labute approximate surface area is 234 Å². The van der Waals surface area contributed by atoms with Crippen molar-refractivity contribution in [2.24, 2.45) is 7.05 Å². The molecule has 14 heteroatoms. The van der Waals surface area contributed by atoms with E-state index in [2.05, 4.69) is 20.6 Å². The summed E-state index contributed by atoms with van der Waals surface area (Å²) < 4.78 is 55.0. The van der Waals surface area contributed by atoms with Gasteiger partial charge in [0, 0.05) is 56.1 Å². The third-order valence-corrected chi connectivity index (χ3v) is 6.63. The van der Waals surface area contributed by atoms with E-state index < -0.39 is 16.7 Å². The van der Waals surface area contributed by atoms with Crippen molar-refractivity contribution in [3.05, 3.63) is 57.9 Å². The lowest BCUT2D eigenvalue weighted by molar-refractivity contribution is -0.384. The van der Waals surface area contributed by atoms with Crippen molar-refractivity contribution in [2.45, 2.75) is 12.6 Å². The Kier molecular flexibility index (Phi) is 8.24. The van der Waals surface area contributed by atoms with Gasteiger partial charge in [0.25, 0.3) is 5.69 Å². The number of nitrogens with one attached hydrogen (secondary N) is 2. The zero-order valence-electron chi connectivity index (χ0n) is 23.4. The Morgan fingerprint density at radius 1 is 1.17 bits per heavy atom. The van der Waals surface area contributed by atoms with Crippen LogP contribution in [0.5, 0.6) is 11.5 Å². The molecule has 11 nitrogen and oxygen atoms in total. The molecule has 0 atom stereocenters. The van der Waals surface area contributed by atoms with Gasteiger partial charge in [-0.3, -0.25) is 10.1 Å². The van der Waals surface area contributed by atoms with Crippen molar-refractivity contribution in [1.29, 1.82) is 0 Å². The van der Waals surface area contributed by atoms with Crippen LogP contribution in [0.1, 0.15) is 11.1 Å². The van der Waals surface area contributed by atoms with Gasteiger partial charge in [-0.2, -0.15) is 13.2 Å². The molecule has 0 aliphatic heterocycles. The number of ether oxygens (including phenoxy) is 2. The second-order valence-electron chi connectivity index (χ2n) is 9.50. The smallest absolute Gasteiger partial charge is 0.419 e. The van der Waals surface area contributed by atoms with Crippen molar-refractivity contribution in [3.8, 4) is 22.8 Å². The van der Waals surface area contributed by atoms with Gasteiger partial charge in [0.05, 0.1) is 41.6 Å². The first kappa shape index (κ1) is 29.4. The molecule has 0 radical (unpaired) electrons. The number of hydrogen-bond donors (Lipinski definition) is 2. The maximum Gasteiger partial charge on any atom is 0.419 e. The van der Waals surface area contributed by atoms with E-state index in [0.29, 0.717) is 29.4 Å². The van der Waals surface area contributed by atoms with Crippen LogP contribution in [0, 0.1) is 10.1 Å². The zero-order valence-corrected chi connectivity index (χ0v) is 23.4. The van der Waals surface area contributed by atoms with Crippen molar-refractivity contribution >= 4 is 33.9 Å². The molecular formula is C27H30F3N7O4. The molecule has 218 valence electrons. The molecule has 2 aromatic heterocycles. The quantitative estimate of drug-likeness (QED) is 0.188. The van der Waals surface area contributed by atoms with Gasteiger partial charge in [0.15, 0.2) is 0 Å². The molecule has 0 fully saturated rings. The first-order chi connectivity index (χ1) is 19.4. The van der Waals surface area contributed by atoms with Gasteiger partial charge >= 0.3 is 6.18 Å². The summed E-state index contributed by atoms with van der Waals surface area (Å²) in [5, 5.41) is 18.4. The number of methoxy groups -OCH3 is 2. The van der Waals surface area contributed by atoms with Crippen molar-refractivity contribution in [1.82, 2.24) is 19.4 Å². The maximum atomic E-state index is 14.2. The number of nitro benzene ring substituents is 1. The molecule has 4 rings (SSSR count). The molecule has 2 heterocycles. The number of aryl methyl sites for hydroxylation is 1. The monoisotopic (exact) mass is 573 g/mol. The van der Waals surface area contributed by atoms with Crippen LogP contribution in [0.2, 0.25) is 0 Å². The Morgan fingerprint density at radius 3 is 2.49 bits per heavy atom. The van der Waals surface area contributed by atoms with E-state index in [9.17, 15) is 23.3 Å². The van der Waals surface area contributed by atoms with Crippen LogP contribution in [0.4, 0.5) is 36.2 Å². The largest absolute Gasteiger partial charge is 0.497 e. The van der Waals surface area contributed by atoms with Gasteiger partial charge in [0.1, 0.15) is 22.7 Å². The Hall–Kier alpha value is -4.59. The molecule has 4 aromatic rings. The van der Waals surface area contributed by atoms with E-state index in [0.717, 1.165) is 0 Å². The molecule has 2 N–H and O–H groups in total. The van der Waals surface area contributed by atoms with Crippen molar-refractivity contribution in [2.75, 3.05) is 52.5 Å². The normalized spacial score (nSPS) is 11.7. The minimum absolute atomic E-state index is 0.186. The van der Waals surface area contributed by atoms with Crippen molar-refractivity contribution in [3.63, 3.8) is 0 Å². The SMILES string of the molecule is CNc1cc(OC)c(Nc2ncc(C(F)(F)F)c(-c3cn(C)c4cc(OC)ccc34)n2)c(CCN(C)C)c1[N+](=O)[O-]. The van der Waals surface area contributed by atoms with Crippen LogP contribution >= 0.6 is 0 Å². The zero-order chi connectivity index (χ0) is 30.1. The Morgan fingerprint density at radius 2 is 1.90 bits per heavy atom. The summed E-state index contributed by atoms with van der Waals surface area (Å²) in [7, 11) is 9.81. The molecule has 0 aliphatic carbocycles. The van der Waals surface area contributed by atoms with Gasteiger partial charge in [-0.1, -0.05) is 0 Å². The molecule has 2 aromatic carbocycles. The van der Waals surface area contributed by atoms with Crippen LogP contribution in [-0.4, -0.2) is 66.3 Å². The number of hydrogen-bond acceptors (Lipinski definition) is 9. The molecular weight excluding hydrogens is 543 g/mol. The number of nitrogens with zero attached hydrogens (tertiary/aromatic N) is 5. The number of rotatable bonds is 10. The molecule has 0 amide bonds. The molecule has 0 aliphatic rings. The van der Waals surface area contributed by atoms with Crippen LogP contribution in [0.3, 0.4) is 0 Å². The van der Waals surface area contributed by atoms with Gasteiger partial charge < -0.3 is 29.6 Å². The van der Waals surface area contributed by atoms with E-state index in [1.165, 1.54) is 20.3 Å². The van der Waals surface area contributed by atoms with Crippen LogP contribution in [0.25, 0.3) is 22.2 Å². The predicted octanol–water partition coefficient (Wildman–Crippen LogP) is 5.47. The van der Waals surface area contributed by atoms with E-state index in [4.69, 9.17) is 9.47 Å². The lowest BCUT2D eigenvalue weighted by atomic mass is 10.0. The fourth-order valence-electron chi connectivity index (χ4n) is 4.62. The van der Waals surface area contributed by atoms with Gasteiger partial charge in [-0.15, -0.1) is 0 Å². The number of anilines is 3. The second kappa shape index (κ2) is 11.5. The number of nitro groups is 1. The average molecular weight is 574 g/mol. The van der Waals surface area contributed by atoms with Gasteiger partial charge in [-0.25, -0.2) is 9.97 Å². The summed E-state index contributed by atoms with van der Waals surface area (Å²) in [6, 6.07) is 6.49. The topological polar surface area (TPSA) is 120 Å². The second-order valence-corrected chi connectivity index (χ2v) is 9.50. The summed E-state index contributed by atoms with van der Waals surface area (Å²) in [5.74, 6) is 0.598. The first-order valence-corrected chi connectivity index (χ1v) is 12.4. The summed E-state index contributed by atoms with van der Waals surface area (Å²) >= 11 is 0. The molecule has 0 unspecified atom stereocenters. The van der Waals surface area contributed by atoms with Gasteiger partial charge in [-0.05, 0) is 32.6 Å². The van der Waals surface area contributed by atoms with E-state index in [1.54, 1.807) is 43.1 Å². The maximum absolute atomic E-state index is 14.2. The summed E-state index contributed by atoms with van der Waals surface area (Å²) in [4.78, 5) is 21.7. The first-order valence-electron chi connectivity index (χ1n) is 12.4. The third-order valence-electron chi connectivity index (χ3n) is 6.63. The van der Waals surface area contributed by atoms with Gasteiger partial charge in [0.2, 0.25) is 5.95 Å². The minimum atomic E-state index is -4.75. The van der Waals surface area contributed by atoms with E-state index >= 15 is 0 Å². The Balaban J connectivity index is 1.93. The lowest BCUT2D eigenvalue weighted by Gasteiger charge is -2.19. The predicted molar refractivity (Wildman–Crippen MR) is 150 cm³/mol. The highest BCUT2D eigenvalue weighted by Crippen LogP contribution is 2.44. The fraction of sp³-hybridized carbons (Fsp3) is 0.333. The lowest BCUT2D eigenvalue weighted by Crippen LogP contribution is -2.17. The molecule has 41 heavy (non-hydrogen) atoms. The van der Waals surface area contributed by atoms with E-state index in [-0.39, 0.29) is 52.0 Å². The van der Waals surface area contributed by atoms with E-state index in [1.807, 2.05) is 19.0 Å². The Bertz CT molecular complexity index is 1600. The summed E-state index contributed by atoms with van der Waals surface area (Å²) in [5.41, 5.74) is 0.0246. The molecule has 0 bridgehead atoms. The fourth-order valence-corrected chi connectivity index (χ4v) is 4.62. The average Bonchev–Trinajstić information content (AvgIpc) is 3.26. The number of alkyl halides is 3. The number of benzene rings is 2. The van der Waals surface area contributed by atoms with Crippen molar-refractivity contribution < 1.29 is 27.6 Å². The number of fused-ring (bicyclic) bond motifs is 1. The highest BCUT2D eigenvalue weighted by atomic mass is 19.4. The number of halogens is 3. The summed E-state index contributed by atoms with van der Waals surface area (Å²) in [6.07, 6.45) is -2.25. The minimum Gasteiger partial charge on any atom is -0.497 e. The summed E-state index contributed by atoms with van der Waals surface area (Å²) in [6.45, 7) is 0.449. The molecule has 0 saturated heterocycles. The van der Waals surface area contributed by atoms with Crippen LogP contribution in [-0.2, 0) is 19.6 Å². The molecule has 0 saturated carbocycles. The highest BCUT2D eigenvalue weighted by molar-refractivity contribution is 5.97. The highest BCUT2D eigenvalue weighted by Gasteiger charge is 2.36. The molecule has 0 spiro atoms. The van der Waals surface area contributed by atoms with Crippen LogP contribution in [0.15, 0.2) is 36.7 Å². The van der Waals surface area contributed by atoms with Crippen LogP contribution < -0.4 is 20.1 Å². The number of likely N-dealkylation sites (N-methyl/N-ethyl adjacent to an activating group) is 1. The standard InChI is InChI=1S/C27H30F3N7O4/c1-31-20-12-22(41-6)24(17(9-10-35(2)3)25(20)37(38)39)34-26-32-13-19(27(28,29)30)23(33-26)18-14-36(4)21-11-15(40-5)7-8-16(18)21/h7-8,11-14,31H,9-10H2,1-6H3,(H,32,33,34). The third kappa shape index (κ3) is 5.82.